The highest BCUT2D eigenvalue weighted by molar-refractivity contribution is 5.57. The van der Waals surface area contributed by atoms with Gasteiger partial charge in [0.25, 0.3) is 0 Å². The third-order valence-corrected chi connectivity index (χ3v) is 4.68. The van der Waals surface area contributed by atoms with Gasteiger partial charge in [-0.25, -0.2) is 0 Å². The Morgan fingerprint density at radius 2 is 1.88 bits per heavy atom. The summed E-state index contributed by atoms with van der Waals surface area (Å²) >= 11 is 0. The summed E-state index contributed by atoms with van der Waals surface area (Å²) in [5.41, 5.74) is 4.63. The van der Waals surface area contributed by atoms with Gasteiger partial charge in [-0.15, -0.1) is 0 Å². The Bertz CT molecular complexity index is 849. The molecule has 0 aliphatic carbocycles. The van der Waals surface area contributed by atoms with E-state index in [9.17, 15) is 0 Å². The Balaban J connectivity index is 1.42. The monoisotopic (exact) mass is 352 g/mol. The van der Waals surface area contributed by atoms with Crippen LogP contribution in [0.15, 0.2) is 47.0 Å². The minimum Gasteiger partial charge on any atom is -0.460 e. The lowest BCUT2D eigenvalue weighted by Gasteiger charge is -2.30. The number of ether oxygens (including phenoxy) is 1. The largest absolute Gasteiger partial charge is 0.460 e. The summed E-state index contributed by atoms with van der Waals surface area (Å²) in [5.74, 6) is 1.72. The van der Waals surface area contributed by atoms with E-state index >= 15 is 0 Å². The quantitative estimate of drug-likeness (QED) is 0.714. The highest BCUT2D eigenvalue weighted by Gasteiger charge is 2.15. The molecule has 0 atom stereocenters. The number of aromatic amines is 1. The van der Waals surface area contributed by atoms with Crippen molar-refractivity contribution < 1.29 is 9.15 Å². The third-order valence-electron chi connectivity index (χ3n) is 4.68. The number of aryl methyl sites for hydroxylation is 1. The van der Waals surface area contributed by atoms with Gasteiger partial charge in [0.1, 0.15) is 11.5 Å². The molecule has 3 heterocycles. The number of H-pyrrole nitrogens is 1. The lowest BCUT2D eigenvalue weighted by atomic mass is 10.1. The van der Waals surface area contributed by atoms with Crippen molar-refractivity contribution in [1.29, 1.82) is 0 Å². The number of morpholine rings is 1. The van der Waals surface area contributed by atoms with Crippen LogP contribution in [0, 0.1) is 6.92 Å². The van der Waals surface area contributed by atoms with Crippen LogP contribution in [-0.2, 0) is 17.8 Å². The topological polar surface area (TPSA) is 66.3 Å². The third kappa shape index (κ3) is 3.66. The van der Waals surface area contributed by atoms with E-state index in [1.807, 2.05) is 25.3 Å². The van der Waals surface area contributed by atoms with E-state index in [-0.39, 0.29) is 0 Å². The highest BCUT2D eigenvalue weighted by atomic mass is 16.5. The summed E-state index contributed by atoms with van der Waals surface area (Å²) in [6.07, 6.45) is 1.86. The Morgan fingerprint density at radius 3 is 2.69 bits per heavy atom. The lowest BCUT2D eigenvalue weighted by molar-refractivity contribution is 0.122. The molecule has 0 amide bonds. The second-order valence-electron chi connectivity index (χ2n) is 6.51. The normalized spacial score (nSPS) is 14.7. The molecular formula is C20H24N4O2. The Kier molecular flexibility index (Phi) is 5.04. The molecule has 0 spiro atoms. The molecule has 0 bridgehead atoms. The molecule has 6 nitrogen and oxygen atoms in total. The second kappa shape index (κ2) is 7.76. The summed E-state index contributed by atoms with van der Waals surface area (Å²) < 4.78 is 11.2. The first-order valence-corrected chi connectivity index (χ1v) is 9.01. The minimum atomic E-state index is 0.725. The van der Waals surface area contributed by atoms with E-state index in [2.05, 4.69) is 44.7 Å². The maximum absolute atomic E-state index is 5.71. The average molecular weight is 352 g/mol. The Labute approximate surface area is 153 Å². The SMILES string of the molecule is Cc1ccc(-c2[nH]ncc2CNCc2ccccc2N2CCOCC2)o1. The number of hydrogen-bond acceptors (Lipinski definition) is 5. The second-order valence-corrected chi connectivity index (χ2v) is 6.51. The summed E-state index contributed by atoms with van der Waals surface area (Å²) in [7, 11) is 0. The van der Waals surface area contributed by atoms with Gasteiger partial charge in [-0.05, 0) is 30.7 Å². The van der Waals surface area contributed by atoms with Crippen molar-refractivity contribution in [3.05, 3.63) is 59.5 Å². The fraction of sp³-hybridized carbons (Fsp3) is 0.350. The van der Waals surface area contributed by atoms with E-state index < -0.39 is 0 Å². The van der Waals surface area contributed by atoms with E-state index in [0.717, 1.165) is 62.2 Å². The number of nitrogens with zero attached hydrogens (tertiary/aromatic N) is 2. The van der Waals surface area contributed by atoms with Crippen LogP contribution in [0.1, 0.15) is 16.9 Å². The zero-order valence-corrected chi connectivity index (χ0v) is 15.0. The van der Waals surface area contributed by atoms with E-state index in [1.54, 1.807) is 0 Å². The lowest BCUT2D eigenvalue weighted by Crippen LogP contribution is -2.37. The summed E-state index contributed by atoms with van der Waals surface area (Å²) in [4.78, 5) is 2.40. The molecule has 0 unspecified atom stereocenters. The summed E-state index contributed by atoms with van der Waals surface area (Å²) in [6, 6.07) is 12.5. The maximum atomic E-state index is 5.71. The van der Waals surface area contributed by atoms with Crippen LogP contribution in [0.2, 0.25) is 0 Å². The van der Waals surface area contributed by atoms with Crippen LogP contribution in [0.4, 0.5) is 5.69 Å². The molecule has 1 aromatic carbocycles. The molecule has 1 saturated heterocycles. The molecule has 2 aromatic heterocycles. The van der Waals surface area contributed by atoms with Crippen LogP contribution in [0.25, 0.3) is 11.5 Å². The van der Waals surface area contributed by atoms with Crippen molar-refractivity contribution in [3.63, 3.8) is 0 Å². The van der Waals surface area contributed by atoms with Gasteiger partial charge in [0.05, 0.1) is 19.4 Å². The molecule has 1 aliphatic rings. The molecule has 3 aromatic rings. The van der Waals surface area contributed by atoms with Crippen LogP contribution in [0.3, 0.4) is 0 Å². The van der Waals surface area contributed by atoms with Gasteiger partial charge >= 0.3 is 0 Å². The van der Waals surface area contributed by atoms with Crippen LogP contribution in [-0.4, -0.2) is 36.5 Å². The number of nitrogens with one attached hydrogen (secondary N) is 2. The average Bonchev–Trinajstić information content (AvgIpc) is 3.31. The van der Waals surface area contributed by atoms with Crippen molar-refractivity contribution in [2.75, 3.05) is 31.2 Å². The number of para-hydroxylation sites is 1. The zero-order valence-electron chi connectivity index (χ0n) is 15.0. The van der Waals surface area contributed by atoms with Crippen LogP contribution >= 0.6 is 0 Å². The van der Waals surface area contributed by atoms with E-state index in [4.69, 9.17) is 9.15 Å². The van der Waals surface area contributed by atoms with Gasteiger partial charge < -0.3 is 19.4 Å². The van der Waals surface area contributed by atoms with E-state index in [0.29, 0.717) is 0 Å². The zero-order chi connectivity index (χ0) is 17.8. The van der Waals surface area contributed by atoms with Crippen molar-refractivity contribution >= 4 is 5.69 Å². The predicted molar refractivity (Wildman–Crippen MR) is 101 cm³/mol. The number of anilines is 1. The standard InChI is InChI=1S/C20H24N4O2/c1-15-6-7-19(26-15)20-17(14-22-23-20)13-21-12-16-4-2-3-5-18(16)24-8-10-25-11-9-24/h2-7,14,21H,8-13H2,1H3,(H,22,23). The summed E-state index contributed by atoms with van der Waals surface area (Å²) in [6.45, 7) is 6.95. The molecule has 4 rings (SSSR count). The number of aromatic nitrogens is 2. The van der Waals surface area contributed by atoms with Gasteiger partial charge in [0.2, 0.25) is 0 Å². The first-order chi connectivity index (χ1) is 12.8. The van der Waals surface area contributed by atoms with Gasteiger partial charge in [-0.1, -0.05) is 18.2 Å². The molecule has 1 aliphatic heterocycles. The first kappa shape index (κ1) is 16.9. The number of benzene rings is 1. The maximum Gasteiger partial charge on any atom is 0.152 e. The van der Waals surface area contributed by atoms with E-state index in [1.165, 1.54) is 11.3 Å². The van der Waals surface area contributed by atoms with Crippen molar-refractivity contribution in [2.45, 2.75) is 20.0 Å². The summed E-state index contributed by atoms with van der Waals surface area (Å²) in [5, 5.41) is 10.8. The van der Waals surface area contributed by atoms with Gasteiger partial charge in [-0.2, -0.15) is 5.10 Å². The molecule has 26 heavy (non-hydrogen) atoms. The van der Waals surface area contributed by atoms with Crippen molar-refractivity contribution in [3.8, 4) is 11.5 Å². The van der Waals surface area contributed by atoms with Gasteiger partial charge in [0, 0.05) is 37.4 Å². The smallest absolute Gasteiger partial charge is 0.152 e. The molecular weight excluding hydrogens is 328 g/mol. The van der Waals surface area contributed by atoms with Gasteiger partial charge in [-0.3, -0.25) is 5.10 Å². The minimum absolute atomic E-state index is 0.725. The van der Waals surface area contributed by atoms with Crippen molar-refractivity contribution in [2.24, 2.45) is 0 Å². The highest BCUT2D eigenvalue weighted by Crippen LogP contribution is 2.24. The molecule has 0 radical (unpaired) electrons. The fourth-order valence-electron chi connectivity index (χ4n) is 3.33. The molecule has 0 saturated carbocycles. The number of furan rings is 1. The Hall–Kier alpha value is -2.57. The Morgan fingerprint density at radius 1 is 1.08 bits per heavy atom. The molecule has 136 valence electrons. The molecule has 2 N–H and O–H groups in total. The van der Waals surface area contributed by atoms with Gasteiger partial charge in [0.15, 0.2) is 5.76 Å². The van der Waals surface area contributed by atoms with Crippen molar-refractivity contribution in [1.82, 2.24) is 15.5 Å². The molecule has 6 heteroatoms. The molecule has 1 fully saturated rings. The van der Waals surface area contributed by atoms with Crippen LogP contribution in [0.5, 0.6) is 0 Å². The first-order valence-electron chi connectivity index (χ1n) is 9.01. The van der Waals surface area contributed by atoms with Crippen LogP contribution < -0.4 is 10.2 Å². The number of hydrogen-bond donors (Lipinski definition) is 2. The fourth-order valence-corrected chi connectivity index (χ4v) is 3.33. The predicted octanol–water partition coefficient (Wildman–Crippen LogP) is 3.10. The number of rotatable bonds is 6.